The number of rotatable bonds is 34. The Kier molecular flexibility index (Phi) is 33.6. The van der Waals surface area contributed by atoms with Crippen molar-refractivity contribution in [2.24, 2.45) is 0 Å². The molecule has 0 aliphatic rings. The van der Waals surface area contributed by atoms with E-state index in [1.807, 2.05) is 0 Å². The van der Waals surface area contributed by atoms with Gasteiger partial charge in [0.2, 0.25) is 0 Å². The van der Waals surface area contributed by atoms with E-state index < -0.39 is 8.80 Å². The Bertz CT molecular complexity index is 563. The van der Waals surface area contributed by atoms with Gasteiger partial charge in [-0.05, 0) is 110 Å². The van der Waals surface area contributed by atoms with Crippen LogP contribution in [0, 0.1) is 0 Å². The SMILES string of the molecule is CCCCC/C=C\CCCO[Si](CCCCN(CC)CC)(OCCC/C=C\CCCCC)OCCC/C=C\CCCCC. The van der Waals surface area contributed by atoms with Gasteiger partial charge in [-0.25, -0.2) is 0 Å². The van der Waals surface area contributed by atoms with E-state index in [9.17, 15) is 0 Å². The maximum Gasteiger partial charge on any atom is 0.500 e. The van der Waals surface area contributed by atoms with Crippen LogP contribution in [0.4, 0.5) is 0 Å². The minimum absolute atomic E-state index is 0.732. The summed E-state index contributed by atoms with van der Waals surface area (Å²) in [6, 6.07) is 0.931. The Morgan fingerprint density at radius 2 is 0.767 bits per heavy atom. The normalized spacial score (nSPS) is 12.7. The van der Waals surface area contributed by atoms with Crippen molar-refractivity contribution < 1.29 is 13.3 Å². The van der Waals surface area contributed by atoms with Crippen molar-refractivity contribution in [1.82, 2.24) is 4.90 Å². The first kappa shape index (κ1) is 42.3. The van der Waals surface area contributed by atoms with Gasteiger partial charge in [-0.2, -0.15) is 0 Å². The van der Waals surface area contributed by atoms with E-state index in [4.69, 9.17) is 13.3 Å². The smallest absolute Gasteiger partial charge is 0.373 e. The maximum absolute atomic E-state index is 6.69. The molecule has 0 aromatic carbocycles. The first-order chi connectivity index (χ1) is 21.2. The standard InChI is InChI=1S/C38H75NO3Si/c1-6-11-14-17-20-23-26-30-35-40-43(38-33-29-34-39(9-4)10-5,41-36-31-27-24-21-18-15-12-7-2)42-37-32-28-25-22-19-16-13-8-3/h20-25H,6-19,26-38H2,1-5H3/b23-20-,24-21-,25-22-. The average molecular weight is 622 g/mol. The lowest BCUT2D eigenvalue weighted by Crippen LogP contribution is -2.46. The van der Waals surface area contributed by atoms with Crippen molar-refractivity contribution in [2.45, 2.75) is 169 Å². The minimum atomic E-state index is -2.74. The number of hydrogen-bond donors (Lipinski definition) is 0. The van der Waals surface area contributed by atoms with E-state index in [-0.39, 0.29) is 0 Å². The highest BCUT2D eigenvalue weighted by Crippen LogP contribution is 2.22. The van der Waals surface area contributed by atoms with Crippen LogP contribution in [0.15, 0.2) is 36.5 Å². The Balaban J connectivity index is 5.08. The number of hydrogen-bond acceptors (Lipinski definition) is 4. The fraction of sp³-hybridized carbons (Fsp3) is 0.842. The highest BCUT2D eigenvalue weighted by atomic mass is 28.4. The summed E-state index contributed by atoms with van der Waals surface area (Å²) in [6.45, 7) is 16.9. The van der Waals surface area contributed by atoms with E-state index in [1.165, 1.54) is 83.5 Å². The molecule has 0 fully saturated rings. The lowest BCUT2D eigenvalue weighted by molar-refractivity contribution is 0.0564. The van der Waals surface area contributed by atoms with Crippen molar-refractivity contribution in [1.29, 1.82) is 0 Å². The van der Waals surface area contributed by atoms with Crippen molar-refractivity contribution >= 4 is 8.80 Å². The first-order valence-electron chi connectivity index (χ1n) is 18.8. The predicted octanol–water partition coefficient (Wildman–Crippen LogP) is 11.8. The van der Waals surface area contributed by atoms with Gasteiger partial charge >= 0.3 is 8.80 Å². The van der Waals surface area contributed by atoms with Crippen LogP contribution in [0.5, 0.6) is 0 Å². The maximum atomic E-state index is 6.69. The van der Waals surface area contributed by atoms with E-state index >= 15 is 0 Å². The second-order valence-corrected chi connectivity index (χ2v) is 14.8. The predicted molar refractivity (Wildman–Crippen MR) is 193 cm³/mol. The summed E-state index contributed by atoms with van der Waals surface area (Å²) in [4.78, 5) is 2.51. The molecule has 0 spiro atoms. The molecule has 0 amide bonds. The molecule has 0 aromatic rings. The highest BCUT2D eigenvalue weighted by molar-refractivity contribution is 6.60. The molecule has 0 aromatic heterocycles. The number of nitrogens with zero attached hydrogens (tertiary/aromatic N) is 1. The molecule has 0 saturated carbocycles. The first-order valence-corrected chi connectivity index (χ1v) is 20.7. The quantitative estimate of drug-likeness (QED) is 0.0406. The third kappa shape index (κ3) is 28.5. The molecule has 0 aliphatic heterocycles. The van der Waals surface area contributed by atoms with Gasteiger partial charge in [-0.3, -0.25) is 0 Å². The van der Waals surface area contributed by atoms with Crippen molar-refractivity contribution in [3.63, 3.8) is 0 Å². The van der Waals surface area contributed by atoms with Crippen LogP contribution in [0.2, 0.25) is 6.04 Å². The Labute approximate surface area is 271 Å². The van der Waals surface area contributed by atoms with Gasteiger partial charge in [0.25, 0.3) is 0 Å². The minimum Gasteiger partial charge on any atom is -0.373 e. The molecule has 4 nitrogen and oxygen atoms in total. The van der Waals surface area contributed by atoms with Gasteiger partial charge in [-0.1, -0.05) is 110 Å². The van der Waals surface area contributed by atoms with Gasteiger partial charge in [0.15, 0.2) is 0 Å². The summed E-state index contributed by atoms with van der Waals surface area (Å²) >= 11 is 0. The van der Waals surface area contributed by atoms with E-state index in [1.54, 1.807) is 0 Å². The zero-order chi connectivity index (χ0) is 31.5. The monoisotopic (exact) mass is 622 g/mol. The van der Waals surface area contributed by atoms with Crippen LogP contribution < -0.4 is 0 Å². The summed E-state index contributed by atoms with van der Waals surface area (Å²) in [5, 5.41) is 0. The topological polar surface area (TPSA) is 30.9 Å². The van der Waals surface area contributed by atoms with Gasteiger partial charge in [0.05, 0.1) is 0 Å². The number of unbranched alkanes of at least 4 members (excludes halogenated alkanes) is 13. The van der Waals surface area contributed by atoms with Crippen LogP contribution in [0.1, 0.15) is 163 Å². The molecule has 254 valence electrons. The second-order valence-electron chi connectivity index (χ2n) is 12.0. The van der Waals surface area contributed by atoms with Crippen LogP contribution >= 0.6 is 0 Å². The Morgan fingerprint density at radius 1 is 0.419 bits per heavy atom. The molecule has 5 heteroatoms. The molecular formula is C38H75NO3Si. The molecule has 0 bridgehead atoms. The van der Waals surface area contributed by atoms with Crippen molar-refractivity contribution in [3.8, 4) is 0 Å². The highest BCUT2D eigenvalue weighted by Gasteiger charge is 2.40. The molecule has 0 aliphatic carbocycles. The average Bonchev–Trinajstić information content (AvgIpc) is 3.02. The van der Waals surface area contributed by atoms with Gasteiger partial charge in [-0.15, -0.1) is 0 Å². The number of allylic oxidation sites excluding steroid dienone is 6. The third-order valence-corrected chi connectivity index (χ3v) is 10.9. The van der Waals surface area contributed by atoms with Crippen molar-refractivity contribution in [3.05, 3.63) is 36.5 Å². The molecule has 43 heavy (non-hydrogen) atoms. The summed E-state index contributed by atoms with van der Waals surface area (Å²) < 4.78 is 20.1. The fourth-order valence-electron chi connectivity index (χ4n) is 5.09. The summed E-state index contributed by atoms with van der Waals surface area (Å²) in [6.07, 6.45) is 38.0. The summed E-state index contributed by atoms with van der Waals surface area (Å²) in [5.41, 5.74) is 0. The molecule has 0 rings (SSSR count). The van der Waals surface area contributed by atoms with E-state index in [0.29, 0.717) is 0 Å². The fourth-order valence-corrected chi connectivity index (χ4v) is 7.82. The second kappa shape index (κ2) is 34.2. The van der Waals surface area contributed by atoms with Gasteiger partial charge in [0.1, 0.15) is 0 Å². The molecular weight excluding hydrogens is 547 g/mol. The van der Waals surface area contributed by atoms with Crippen LogP contribution in [0.3, 0.4) is 0 Å². The lowest BCUT2D eigenvalue weighted by atomic mass is 10.2. The van der Waals surface area contributed by atoms with E-state index in [0.717, 1.165) is 90.4 Å². The zero-order valence-electron chi connectivity index (χ0n) is 29.7. The van der Waals surface area contributed by atoms with Crippen molar-refractivity contribution in [2.75, 3.05) is 39.5 Å². The zero-order valence-corrected chi connectivity index (χ0v) is 30.7. The summed E-state index contributed by atoms with van der Waals surface area (Å²) in [7, 11) is -2.74. The Hall–Kier alpha value is -0.723. The largest absolute Gasteiger partial charge is 0.500 e. The van der Waals surface area contributed by atoms with Crippen LogP contribution in [-0.2, 0) is 13.3 Å². The molecule has 0 atom stereocenters. The molecule has 0 saturated heterocycles. The third-order valence-electron chi connectivity index (χ3n) is 8.04. The molecule has 0 heterocycles. The lowest BCUT2D eigenvalue weighted by Gasteiger charge is -2.30. The van der Waals surface area contributed by atoms with Gasteiger partial charge in [0, 0.05) is 25.9 Å². The molecule has 0 radical (unpaired) electrons. The van der Waals surface area contributed by atoms with Gasteiger partial charge < -0.3 is 18.2 Å². The Morgan fingerprint density at radius 3 is 1.09 bits per heavy atom. The molecule has 0 unspecified atom stereocenters. The summed E-state index contributed by atoms with van der Waals surface area (Å²) in [5.74, 6) is 0. The van der Waals surface area contributed by atoms with E-state index in [2.05, 4.69) is 76.0 Å². The van der Waals surface area contributed by atoms with Crippen LogP contribution in [-0.4, -0.2) is 53.2 Å². The van der Waals surface area contributed by atoms with Crippen LogP contribution in [0.25, 0.3) is 0 Å². The molecule has 0 N–H and O–H groups in total.